The molecule has 5 rings (SSSR count). The van der Waals surface area contributed by atoms with E-state index in [-0.39, 0.29) is 30.5 Å². The van der Waals surface area contributed by atoms with Crippen LogP contribution < -0.4 is 15.4 Å². The van der Waals surface area contributed by atoms with E-state index in [1.54, 1.807) is 12.3 Å². The lowest BCUT2D eigenvalue weighted by atomic mass is 9.91. The molecule has 0 radical (unpaired) electrons. The maximum Gasteiger partial charge on any atom is 0.404 e. The first kappa shape index (κ1) is 31.0. The molecule has 2 heterocycles. The van der Waals surface area contributed by atoms with E-state index in [1.165, 1.54) is 12.1 Å². The molecule has 0 saturated heterocycles. The number of aromatic nitrogens is 2. The Bertz CT molecular complexity index is 1470. The van der Waals surface area contributed by atoms with Crippen LogP contribution in [-0.2, 0) is 11.5 Å². The number of amides is 2. The Morgan fingerprint density at radius 1 is 1.05 bits per heavy atom. The highest BCUT2D eigenvalue weighted by Crippen LogP contribution is 2.39. The Morgan fingerprint density at radius 3 is 2.40 bits per heavy atom. The van der Waals surface area contributed by atoms with Crippen molar-refractivity contribution in [1.29, 1.82) is 0 Å². The number of rotatable bonds is 12. The number of carbonyl (C=O) groups excluding carboxylic acids is 1. The first-order valence-corrected chi connectivity index (χ1v) is 19.0. The van der Waals surface area contributed by atoms with Crippen molar-refractivity contribution in [2.45, 2.75) is 89.9 Å². The molecule has 2 fully saturated rings. The minimum atomic E-state index is -1.30. The smallest absolute Gasteiger partial charge is 0.404 e. The molecule has 0 atom stereocenters. The van der Waals surface area contributed by atoms with Crippen molar-refractivity contribution in [3.63, 3.8) is 0 Å². The molecule has 0 aliphatic heterocycles. The van der Waals surface area contributed by atoms with Gasteiger partial charge in [0.1, 0.15) is 23.8 Å². The van der Waals surface area contributed by atoms with Gasteiger partial charge >= 0.3 is 6.09 Å². The van der Waals surface area contributed by atoms with Crippen molar-refractivity contribution in [2.24, 2.45) is 5.92 Å². The summed E-state index contributed by atoms with van der Waals surface area (Å²) in [6.07, 6.45) is 5.61. The van der Waals surface area contributed by atoms with Gasteiger partial charge in [-0.05, 0) is 75.6 Å². The van der Waals surface area contributed by atoms with Gasteiger partial charge in [0.25, 0.3) is 5.91 Å². The van der Waals surface area contributed by atoms with Crippen LogP contribution in [0.15, 0.2) is 30.5 Å². The van der Waals surface area contributed by atoms with Crippen LogP contribution in [0.1, 0.15) is 54.6 Å². The fourth-order valence-electron chi connectivity index (χ4n) is 5.71. The lowest BCUT2D eigenvalue weighted by Gasteiger charge is -2.28. The van der Waals surface area contributed by atoms with Gasteiger partial charge in [0.15, 0.2) is 0 Å². The molecule has 3 aromatic rings. The molecular weight excluding hydrogens is 567 g/mol. The van der Waals surface area contributed by atoms with Gasteiger partial charge in [-0.3, -0.25) is 9.78 Å². The molecule has 232 valence electrons. The van der Waals surface area contributed by atoms with Crippen molar-refractivity contribution in [3.05, 3.63) is 47.5 Å². The van der Waals surface area contributed by atoms with E-state index in [0.29, 0.717) is 61.6 Å². The van der Waals surface area contributed by atoms with E-state index in [2.05, 4.69) is 35.3 Å². The fraction of sp³-hybridized carbons (Fsp3) is 0.531. The highest BCUT2D eigenvalue weighted by molar-refractivity contribution is 6.76. The van der Waals surface area contributed by atoms with Gasteiger partial charge in [0.2, 0.25) is 0 Å². The molecule has 2 aromatic heterocycles. The molecule has 43 heavy (non-hydrogen) atoms. The number of ether oxygens (including phenoxy) is 2. The number of nitrogens with one attached hydrogen (secondary N) is 2. The fourth-order valence-corrected chi connectivity index (χ4v) is 6.47. The Hall–Kier alpha value is -3.44. The van der Waals surface area contributed by atoms with Gasteiger partial charge in [0, 0.05) is 55.8 Å². The zero-order valence-corrected chi connectivity index (χ0v) is 26.5. The van der Waals surface area contributed by atoms with E-state index in [1.807, 2.05) is 17.6 Å². The Balaban J connectivity index is 1.49. The second-order valence-electron chi connectivity index (χ2n) is 13.2. The summed E-state index contributed by atoms with van der Waals surface area (Å²) in [5.41, 5.74) is 4.07. The van der Waals surface area contributed by atoms with Gasteiger partial charge in [-0.25, -0.2) is 9.18 Å². The highest BCUT2D eigenvalue weighted by atomic mass is 28.3. The SMILES string of the molecule is Cc1c(C(=O)NC2CCC(NC(=O)O)CC2)c2nccc(-c3ccc(F)cc3OCC3CC3)c2n1COCC[Si](C)(C)C. The third-order valence-electron chi connectivity index (χ3n) is 8.44. The lowest BCUT2D eigenvalue weighted by molar-refractivity contribution is 0.0878. The van der Waals surface area contributed by atoms with Crippen LogP contribution in [0.25, 0.3) is 22.2 Å². The van der Waals surface area contributed by atoms with Crippen LogP contribution in [0.3, 0.4) is 0 Å². The molecule has 11 heteroatoms. The van der Waals surface area contributed by atoms with E-state index in [0.717, 1.165) is 41.2 Å². The molecule has 1 aromatic carbocycles. The molecule has 3 N–H and O–H groups in total. The maximum absolute atomic E-state index is 14.4. The number of halogens is 1. The van der Waals surface area contributed by atoms with Gasteiger partial charge in [0.05, 0.1) is 17.7 Å². The topological polar surface area (TPSA) is 115 Å². The summed E-state index contributed by atoms with van der Waals surface area (Å²) in [5.74, 6) is 0.397. The molecule has 2 saturated carbocycles. The predicted molar refractivity (Wildman–Crippen MR) is 167 cm³/mol. The molecule has 2 aliphatic rings. The van der Waals surface area contributed by atoms with Crippen LogP contribution in [0.2, 0.25) is 25.7 Å². The number of hydrogen-bond acceptors (Lipinski definition) is 5. The predicted octanol–water partition coefficient (Wildman–Crippen LogP) is 6.56. The normalized spacial score (nSPS) is 18.9. The Labute approximate surface area is 253 Å². The number of benzene rings is 1. The van der Waals surface area contributed by atoms with Crippen molar-refractivity contribution in [2.75, 3.05) is 13.2 Å². The Kier molecular flexibility index (Phi) is 9.41. The summed E-state index contributed by atoms with van der Waals surface area (Å²) in [7, 11) is -1.30. The first-order chi connectivity index (χ1) is 20.5. The minimum absolute atomic E-state index is 0.0622. The van der Waals surface area contributed by atoms with Crippen molar-refractivity contribution < 1.29 is 28.6 Å². The van der Waals surface area contributed by atoms with Gasteiger partial charge in [-0.15, -0.1) is 0 Å². The summed E-state index contributed by atoms with van der Waals surface area (Å²) >= 11 is 0. The summed E-state index contributed by atoms with van der Waals surface area (Å²) < 4.78 is 28.7. The zero-order chi connectivity index (χ0) is 30.7. The third kappa shape index (κ3) is 7.75. The maximum atomic E-state index is 14.4. The number of hydrogen-bond donors (Lipinski definition) is 3. The van der Waals surface area contributed by atoms with Gasteiger partial charge < -0.3 is 29.8 Å². The molecule has 2 aliphatic carbocycles. The second-order valence-corrected chi connectivity index (χ2v) is 18.8. The minimum Gasteiger partial charge on any atom is -0.493 e. The average Bonchev–Trinajstić information content (AvgIpc) is 3.72. The third-order valence-corrected chi connectivity index (χ3v) is 10.1. The Morgan fingerprint density at radius 2 is 1.74 bits per heavy atom. The molecule has 9 nitrogen and oxygen atoms in total. The van der Waals surface area contributed by atoms with E-state index in [9.17, 15) is 14.0 Å². The second kappa shape index (κ2) is 13.0. The number of nitrogens with zero attached hydrogens (tertiary/aromatic N) is 2. The highest BCUT2D eigenvalue weighted by Gasteiger charge is 2.29. The standard InChI is InChI=1S/C32H43FN4O5Si/c1-20-28(31(38)35-23-8-10-24(11-9-23)36-32(39)40)29-30(37(20)19-41-15-16-43(2,3)4)26(13-14-34-29)25-12-7-22(33)17-27(25)42-18-21-5-6-21/h7,12-14,17,21,23-24,36H,5-6,8-11,15-16,18-19H2,1-4H3,(H,35,38)(H,39,40). The van der Waals surface area contributed by atoms with Crippen LogP contribution in [-0.4, -0.2) is 60.0 Å². The summed E-state index contributed by atoms with van der Waals surface area (Å²) in [6.45, 7) is 10.2. The molecule has 0 bridgehead atoms. The molecule has 0 spiro atoms. The van der Waals surface area contributed by atoms with Crippen molar-refractivity contribution in [3.8, 4) is 16.9 Å². The van der Waals surface area contributed by atoms with Crippen LogP contribution in [0, 0.1) is 18.7 Å². The molecular formula is C32H43FN4O5Si. The number of fused-ring (bicyclic) bond motifs is 1. The summed E-state index contributed by atoms with van der Waals surface area (Å²) in [4.78, 5) is 29.6. The van der Waals surface area contributed by atoms with Crippen LogP contribution in [0.4, 0.5) is 9.18 Å². The monoisotopic (exact) mass is 610 g/mol. The number of pyridine rings is 1. The quantitative estimate of drug-likeness (QED) is 0.158. The van der Waals surface area contributed by atoms with Gasteiger partial charge in [-0.1, -0.05) is 19.6 Å². The van der Waals surface area contributed by atoms with Crippen LogP contribution in [0.5, 0.6) is 5.75 Å². The summed E-state index contributed by atoms with van der Waals surface area (Å²) in [6, 6.07) is 7.33. The largest absolute Gasteiger partial charge is 0.493 e. The zero-order valence-electron chi connectivity index (χ0n) is 25.5. The number of carbonyl (C=O) groups is 2. The van der Waals surface area contributed by atoms with Crippen molar-refractivity contribution >= 4 is 31.1 Å². The van der Waals surface area contributed by atoms with Crippen LogP contribution >= 0.6 is 0 Å². The average molecular weight is 611 g/mol. The summed E-state index contributed by atoms with van der Waals surface area (Å²) in [5, 5.41) is 14.8. The van der Waals surface area contributed by atoms with E-state index in [4.69, 9.17) is 14.6 Å². The van der Waals surface area contributed by atoms with Crippen molar-refractivity contribution in [1.82, 2.24) is 20.2 Å². The van der Waals surface area contributed by atoms with E-state index < -0.39 is 14.2 Å². The number of carboxylic acid groups (broad SMARTS) is 1. The molecule has 0 unspecified atom stereocenters. The first-order valence-electron chi connectivity index (χ1n) is 15.3. The van der Waals surface area contributed by atoms with E-state index >= 15 is 0 Å². The van der Waals surface area contributed by atoms with Gasteiger partial charge in [-0.2, -0.15) is 0 Å². The lowest BCUT2D eigenvalue weighted by Crippen LogP contribution is -2.43. The molecule has 2 amide bonds.